The average molecular weight is 370 g/mol. The lowest BCUT2D eigenvalue weighted by atomic mass is 10.0. The van der Waals surface area contributed by atoms with E-state index >= 15 is 0 Å². The van der Waals surface area contributed by atoms with Gasteiger partial charge in [-0.15, -0.1) is 0 Å². The zero-order valence-electron chi connectivity index (χ0n) is 26.3. The minimum Gasteiger partial charge on any atom is -0.493 e. The van der Waals surface area contributed by atoms with Gasteiger partial charge >= 0.3 is 0 Å². The molecule has 0 aliphatic rings. The van der Waals surface area contributed by atoms with E-state index in [-0.39, 0.29) is 29.1 Å². The monoisotopic (exact) mass is 369 g/mol. The van der Waals surface area contributed by atoms with Crippen LogP contribution >= 0.6 is 0 Å². The van der Waals surface area contributed by atoms with Crippen LogP contribution in [0.4, 0.5) is 0 Å². The SMILES string of the molecule is [2H]c1c([2H])c(OCC([2H])(O)C([2H])([2H])CC([2H])([2H])Cc2c([2H])c([2H])c(OC)c(OC)c2[2H])c([2H])c(C)c1C. The quantitative estimate of drug-likeness (QED) is 0.671. The van der Waals surface area contributed by atoms with Gasteiger partial charge in [0.25, 0.3) is 0 Å². The fourth-order valence-electron chi connectivity index (χ4n) is 1.95. The highest BCUT2D eigenvalue weighted by atomic mass is 16.5. The fraction of sp³-hybridized carbons (Fsp3) is 0.455. The number of ether oxygens (including phenoxy) is 3. The fourth-order valence-corrected chi connectivity index (χ4v) is 1.95. The Hall–Kier alpha value is -2.20. The Labute approximate surface area is 172 Å². The van der Waals surface area contributed by atoms with Crippen molar-refractivity contribution in [1.29, 1.82) is 0 Å². The van der Waals surface area contributed by atoms with E-state index in [4.69, 9.17) is 29.3 Å². The first-order valence-electron chi connectivity index (χ1n) is 13.5. The zero-order chi connectivity index (χ0) is 28.7. The second-order valence-electron chi connectivity index (χ2n) is 5.39. The molecule has 0 aliphatic carbocycles. The van der Waals surface area contributed by atoms with Crippen LogP contribution in [-0.4, -0.2) is 32.0 Å². The second-order valence-corrected chi connectivity index (χ2v) is 5.39. The molecule has 142 valence electrons. The number of hydrogen-bond acceptors (Lipinski definition) is 4. The van der Waals surface area contributed by atoms with Crippen molar-refractivity contribution < 1.29 is 34.4 Å². The Kier molecular flexibility index (Phi) is 3.74. The summed E-state index contributed by atoms with van der Waals surface area (Å²) in [5.41, 5.74) is 0.509. The first-order chi connectivity index (χ1) is 16.8. The standard InChI is InChI=1S/C22H30O4/c1-16-9-11-20(13-17(16)2)26-15-19(23)8-6-5-7-18-10-12-21(24-3)22(14-18)25-4/h9-14,19,23H,5-8,15H2,1-4H3/i5D2,8D2,9D,10D,11D,12D,13D,14D,19D. The van der Waals surface area contributed by atoms with Crippen molar-refractivity contribution in [3.05, 3.63) is 52.9 Å². The Morgan fingerprint density at radius 2 is 1.85 bits per heavy atom. The molecular formula is C22H30O4. The van der Waals surface area contributed by atoms with Crippen LogP contribution in [0.25, 0.3) is 0 Å². The predicted octanol–water partition coefficient (Wildman–Crippen LogP) is 4.47. The predicted molar refractivity (Wildman–Crippen MR) is 105 cm³/mol. The summed E-state index contributed by atoms with van der Waals surface area (Å²) in [6.45, 7) is 2.04. The summed E-state index contributed by atoms with van der Waals surface area (Å²) < 4.78 is 105. The maximum absolute atomic E-state index is 10.6. The van der Waals surface area contributed by atoms with Crippen molar-refractivity contribution in [2.75, 3.05) is 20.8 Å². The molecule has 0 aromatic heterocycles. The lowest BCUT2D eigenvalue weighted by Gasteiger charge is -2.13. The van der Waals surface area contributed by atoms with E-state index in [9.17, 15) is 5.11 Å². The largest absolute Gasteiger partial charge is 0.493 e. The van der Waals surface area contributed by atoms with Crippen LogP contribution in [-0.2, 0) is 6.42 Å². The van der Waals surface area contributed by atoms with Gasteiger partial charge in [0.2, 0.25) is 0 Å². The summed E-state index contributed by atoms with van der Waals surface area (Å²) in [6.07, 6.45) is -10.2. The van der Waals surface area contributed by atoms with E-state index < -0.39 is 68.2 Å². The van der Waals surface area contributed by atoms with E-state index in [2.05, 4.69) is 0 Å². The third-order valence-electron chi connectivity index (χ3n) is 3.51. The summed E-state index contributed by atoms with van der Waals surface area (Å²) >= 11 is 0. The van der Waals surface area contributed by atoms with Crippen LogP contribution in [0.5, 0.6) is 17.2 Å². The molecule has 2 rings (SSSR count). The molecule has 1 atom stereocenters. The van der Waals surface area contributed by atoms with Crippen molar-refractivity contribution >= 4 is 0 Å². The third-order valence-corrected chi connectivity index (χ3v) is 3.51. The van der Waals surface area contributed by atoms with Gasteiger partial charge in [0.15, 0.2) is 11.5 Å². The van der Waals surface area contributed by atoms with E-state index in [0.717, 1.165) is 0 Å². The maximum atomic E-state index is 10.6. The van der Waals surface area contributed by atoms with Crippen molar-refractivity contribution in [1.82, 2.24) is 0 Å². The van der Waals surface area contributed by atoms with Crippen LogP contribution in [0.3, 0.4) is 0 Å². The second kappa shape index (κ2) is 10.1. The van der Waals surface area contributed by atoms with E-state index in [0.29, 0.717) is 11.1 Å². The molecular weight excluding hydrogens is 328 g/mol. The highest BCUT2D eigenvalue weighted by Crippen LogP contribution is 2.28. The molecule has 26 heavy (non-hydrogen) atoms. The normalized spacial score (nSPS) is 20.3. The van der Waals surface area contributed by atoms with Crippen LogP contribution in [0.2, 0.25) is 0 Å². The Balaban J connectivity index is 2.33. The van der Waals surface area contributed by atoms with Crippen molar-refractivity contribution in [3.8, 4) is 17.2 Å². The van der Waals surface area contributed by atoms with Gasteiger partial charge in [-0.05, 0) is 73.9 Å². The molecule has 4 nitrogen and oxygen atoms in total. The smallest absolute Gasteiger partial charge is 0.160 e. The number of aliphatic hydroxyl groups is 1. The van der Waals surface area contributed by atoms with Crippen molar-refractivity contribution in [3.63, 3.8) is 0 Å². The van der Waals surface area contributed by atoms with Crippen LogP contribution in [0, 0.1) is 13.8 Å². The number of hydrogen-bond donors (Lipinski definition) is 1. The third kappa shape index (κ3) is 5.95. The van der Waals surface area contributed by atoms with Gasteiger partial charge in [-0.3, -0.25) is 0 Å². The molecule has 0 radical (unpaired) electrons. The number of rotatable bonds is 10. The Morgan fingerprint density at radius 3 is 2.58 bits per heavy atom. The van der Waals surface area contributed by atoms with Gasteiger partial charge in [-0.25, -0.2) is 0 Å². The van der Waals surface area contributed by atoms with Gasteiger partial charge in [-0.2, -0.15) is 0 Å². The molecule has 2 aromatic rings. The lowest BCUT2D eigenvalue weighted by Crippen LogP contribution is -2.17. The van der Waals surface area contributed by atoms with Crippen LogP contribution in [0.1, 0.15) is 50.9 Å². The number of methoxy groups -OCH3 is 2. The van der Waals surface area contributed by atoms with Gasteiger partial charge in [0, 0.05) is 5.48 Å². The molecule has 0 spiro atoms. The Bertz CT molecular complexity index is 1150. The molecule has 0 fully saturated rings. The minimum absolute atomic E-state index is 0.167. The summed E-state index contributed by atoms with van der Waals surface area (Å²) in [7, 11) is 2.45. The molecule has 0 bridgehead atoms. The lowest BCUT2D eigenvalue weighted by molar-refractivity contribution is 0.0976. The Morgan fingerprint density at radius 1 is 1.08 bits per heavy atom. The molecule has 0 heterocycles. The minimum atomic E-state index is -3.04. The van der Waals surface area contributed by atoms with Gasteiger partial charge in [0.1, 0.15) is 12.4 Å². The highest BCUT2D eigenvalue weighted by molar-refractivity contribution is 5.42. The first-order valence-corrected chi connectivity index (χ1v) is 7.96. The number of benzene rings is 2. The van der Waals surface area contributed by atoms with Gasteiger partial charge < -0.3 is 19.3 Å². The molecule has 4 heteroatoms. The van der Waals surface area contributed by atoms with E-state index in [1.54, 1.807) is 13.8 Å². The van der Waals surface area contributed by atoms with Gasteiger partial charge in [-0.1, -0.05) is 18.5 Å². The van der Waals surface area contributed by atoms with E-state index in [1.165, 1.54) is 14.2 Å². The summed E-state index contributed by atoms with van der Waals surface area (Å²) in [5.74, 6) is -0.745. The van der Waals surface area contributed by atoms with E-state index in [1.807, 2.05) is 0 Å². The summed E-state index contributed by atoms with van der Waals surface area (Å²) in [5, 5.41) is 10.6. The average Bonchev–Trinajstić information content (AvgIpc) is 2.80. The molecule has 0 saturated heterocycles. The highest BCUT2D eigenvalue weighted by Gasteiger charge is 2.07. The molecule has 1 N–H and O–H groups in total. The molecule has 0 aliphatic heterocycles. The molecule has 1 unspecified atom stereocenters. The molecule has 0 saturated carbocycles. The molecule has 2 aromatic carbocycles. The first kappa shape index (κ1) is 9.65. The zero-order valence-corrected chi connectivity index (χ0v) is 15.3. The van der Waals surface area contributed by atoms with Crippen molar-refractivity contribution in [2.45, 2.75) is 45.5 Å². The van der Waals surface area contributed by atoms with Crippen LogP contribution < -0.4 is 14.2 Å². The van der Waals surface area contributed by atoms with Gasteiger partial charge in [0.05, 0.1) is 29.9 Å². The summed E-state index contributed by atoms with van der Waals surface area (Å²) in [6, 6.07) is -2.24. The van der Waals surface area contributed by atoms with Crippen molar-refractivity contribution in [2.24, 2.45) is 0 Å². The topological polar surface area (TPSA) is 47.9 Å². The maximum Gasteiger partial charge on any atom is 0.160 e. The summed E-state index contributed by atoms with van der Waals surface area (Å²) in [4.78, 5) is 0. The van der Waals surface area contributed by atoms with Crippen LogP contribution in [0.15, 0.2) is 36.3 Å². The molecule has 0 amide bonds.